The lowest BCUT2D eigenvalue weighted by molar-refractivity contribution is -0.204. The summed E-state index contributed by atoms with van der Waals surface area (Å²) in [7, 11) is 0. The van der Waals surface area contributed by atoms with Gasteiger partial charge in [-0.1, -0.05) is 23.2 Å². The number of carbonyl (C=O) groups is 3. The maximum absolute atomic E-state index is 12.7. The lowest BCUT2D eigenvalue weighted by Crippen LogP contribution is -2.45. The second kappa shape index (κ2) is 14.0. The van der Waals surface area contributed by atoms with Crippen LogP contribution in [0.2, 0.25) is 10.3 Å². The summed E-state index contributed by atoms with van der Waals surface area (Å²) in [6, 6.07) is -0.526. The van der Waals surface area contributed by atoms with Gasteiger partial charge in [0.2, 0.25) is 5.96 Å². The van der Waals surface area contributed by atoms with E-state index >= 15 is 0 Å². The third kappa shape index (κ3) is 9.04. The zero-order valence-electron chi connectivity index (χ0n) is 22.3. The molecule has 13 N–H and O–H groups in total. The highest BCUT2D eigenvalue weighted by Gasteiger charge is 2.42. The number of nitrogens with two attached hydrogens (primary N) is 5. The predicted octanol–water partition coefficient (Wildman–Crippen LogP) is -0.0984. The zero-order chi connectivity index (χ0) is 32.8. The highest BCUT2D eigenvalue weighted by atomic mass is 35.5. The smallest absolute Gasteiger partial charge is 0.382 e. The molecule has 2 aromatic heterocycles. The molecule has 23 heteroatoms. The molecule has 1 fully saturated rings. The summed E-state index contributed by atoms with van der Waals surface area (Å²) in [6.07, 6.45) is -3.48. The van der Waals surface area contributed by atoms with Crippen molar-refractivity contribution in [2.75, 3.05) is 29.5 Å². The normalized spacial score (nSPS) is 17.5. The molecule has 1 aliphatic rings. The molecule has 2 heterocycles. The molecule has 44 heavy (non-hydrogen) atoms. The van der Waals surface area contributed by atoms with E-state index in [2.05, 4.69) is 45.4 Å². The Kier molecular flexibility index (Phi) is 10.7. The molecule has 0 aromatic carbocycles. The average Bonchev–Trinajstić information content (AvgIpc) is 2.94. The molecule has 3 rings (SSSR count). The maximum atomic E-state index is 12.7. The number of hydrogen-bond donors (Lipinski definition) is 8. The van der Waals surface area contributed by atoms with E-state index < -0.39 is 47.5 Å². The molecule has 2 aromatic rings. The number of hydroxylamine groups is 1. The fraction of sp³-hybridized carbons (Fsp3) is 0.381. The molecule has 0 atom stereocenters. The quantitative estimate of drug-likeness (QED) is 0.117. The van der Waals surface area contributed by atoms with E-state index in [1.165, 1.54) is 0 Å². The van der Waals surface area contributed by atoms with E-state index in [1.54, 1.807) is 5.48 Å². The minimum absolute atomic E-state index is 0.0159. The Morgan fingerprint density at radius 1 is 0.886 bits per heavy atom. The molecule has 1 saturated carbocycles. The van der Waals surface area contributed by atoms with E-state index in [0.717, 1.165) is 0 Å². The SMILES string of the molecule is NC(=NC(=O)c1nc(Cl)c(N)nc1N)NCC1CCC(N=C(NOC(=O)C(F)(F)F)NC(=O)c2nc(Cl)c(N)nc2N)CC1. The molecule has 2 amide bonds. The molecule has 0 radical (unpaired) electrons. The number of hydrogen-bond acceptors (Lipinski definition) is 13. The lowest BCUT2D eigenvalue weighted by Gasteiger charge is -2.27. The van der Waals surface area contributed by atoms with E-state index in [-0.39, 0.29) is 45.3 Å². The average molecular weight is 665 g/mol. The summed E-state index contributed by atoms with van der Waals surface area (Å²) in [5.74, 6) is -6.54. The van der Waals surface area contributed by atoms with Gasteiger partial charge in [0.05, 0.1) is 6.04 Å². The molecular weight excluding hydrogens is 640 g/mol. The van der Waals surface area contributed by atoms with Crippen molar-refractivity contribution in [1.82, 2.24) is 36.0 Å². The summed E-state index contributed by atoms with van der Waals surface area (Å²) >= 11 is 11.5. The highest BCUT2D eigenvalue weighted by Crippen LogP contribution is 2.26. The number of alkyl halides is 3. The molecule has 0 aliphatic heterocycles. The van der Waals surface area contributed by atoms with Gasteiger partial charge in [-0.15, -0.1) is 0 Å². The Morgan fingerprint density at radius 2 is 1.43 bits per heavy atom. The van der Waals surface area contributed by atoms with Crippen LogP contribution < -0.4 is 44.8 Å². The fourth-order valence-electron chi connectivity index (χ4n) is 3.72. The molecular formula is C21H25Cl2F3N14O4. The Bertz CT molecular complexity index is 1500. The number of guanidine groups is 2. The number of anilines is 4. The van der Waals surface area contributed by atoms with E-state index in [0.29, 0.717) is 32.2 Å². The van der Waals surface area contributed by atoms with E-state index in [9.17, 15) is 27.6 Å². The van der Waals surface area contributed by atoms with Crippen molar-refractivity contribution in [3.8, 4) is 0 Å². The zero-order valence-corrected chi connectivity index (χ0v) is 23.8. The van der Waals surface area contributed by atoms with Gasteiger partial charge in [0, 0.05) is 6.54 Å². The third-order valence-electron chi connectivity index (χ3n) is 5.85. The molecule has 0 saturated heterocycles. The van der Waals surface area contributed by atoms with Gasteiger partial charge in [-0.3, -0.25) is 14.9 Å². The molecule has 0 unspecified atom stereocenters. The minimum atomic E-state index is -5.33. The minimum Gasteiger partial charge on any atom is -0.382 e. The lowest BCUT2D eigenvalue weighted by atomic mass is 9.86. The highest BCUT2D eigenvalue weighted by molar-refractivity contribution is 6.32. The van der Waals surface area contributed by atoms with Crippen molar-refractivity contribution in [1.29, 1.82) is 0 Å². The Hall–Kier alpha value is -4.92. The number of rotatable bonds is 5. The molecule has 18 nitrogen and oxygen atoms in total. The number of amides is 2. The number of nitrogen functional groups attached to an aromatic ring is 4. The van der Waals surface area contributed by atoms with Crippen molar-refractivity contribution >= 4 is 76.2 Å². The van der Waals surface area contributed by atoms with Gasteiger partial charge in [-0.05, 0) is 31.6 Å². The standard InChI is InChI=1S/C21H25Cl2F3N14O4/c22-10-14(29)36-12(27)8(34-10)16(41)38-19(31)32-5-6-1-3-7(4-2-6)33-20(40-44-18(43)21(24,25)26)39-17(42)9-13(28)37-15(30)11(23)35-9/h6-7H,1-5H2,(H4,27,29,36)(H4,28,30,37)(H3,31,32,38,41)(H2,33,39,40,42). The van der Waals surface area contributed by atoms with Crippen molar-refractivity contribution in [3.05, 3.63) is 21.7 Å². The van der Waals surface area contributed by atoms with Gasteiger partial charge in [-0.25, -0.2) is 29.7 Å². The van der Waals surface area contributed by atoms with Crippen LogP contribution in [0.25, 0.3) is 0 Å². The monoisotopic (exact) mass is 664 g/mol. The summed E-state index contributed by atoms with van der Waals surface area (Å²) in [4.78, 5) is 62.9. The maximum Gasteiger partial charge on any atom is 0.493 e. The third-order valence-corrected chi connectivity index (χ3v) is 6.41. The predicted molar refractivity (Wildman–Crippen MR) is 152 cm³/mol. The van der Waals surface area contributed by atoms with Crippen LogP contribution in [0, 0.1) is 5.92 Å². The van der Waals surface area contributed by atoms with Crippen LogP contribution in [0.1, 0.15) is 46.7 Å². The topological polar surface area (TPSA) is 303 Å². The Labute approximate surface area is 255 Å². The van der Waals surface area contributed by atoms with Crippen LogP contribution in [-0.4, -0.2) is 68.4 Å². The van der Waals surface area contributed by atoms with E-state index in [1.807, 2.05) is 0 Å². The first-order valence-corrected chi connectivity index (χ1v) is 13.0. The van der Waals surface area contributed by atoms with Gasteiger partial charge in [-0.2, -0.15) is 23.6 Å². The van der Waals surface area contributed by atoms with Crippen LogP contribution >= 0.6 is 23.2 Å². The molecule has 0 bridgehead atoms. The van der Waals surface area contributed by atoms with Gasteiger partial charge in [0.15, 0.2) is 50.9 Å². The Balaban J connectivity index is 1.62. The van der Waals surface area contributed by atoms with Gasteiger partial charge < -0.3 is 38.8 Å². The second-order valence-corrected chi connectivity index (χ2v) is 9.76. The number of aromatic nitrogens is 4. The van der Waals surface area contributed by atoms with Crippen molar-refractivity contribution < 1.29 is 32.4 Å². The summed E-state index contributed by atoms with van der Waals surface area (Å²) in [5, 5.41) is 4.36. The Morgan fingerprint density at radius 3 is 2.00 bits per heavy atom. The number of aliphatic imine (C=N–C) groups is 2. The fourth-order valence-corrected chi connectivity index (χ4v) is 3.98. The number of nitrogens with one attached hydrogen (secondary N) is 3. The summed E-state index contributed by atoms with van der Waals surface area (Å²) < 4.78 is 37.9. The first-order chi connectivity index (χ1) is 20.5. The summed E-state index contributed by atoms with van der Waals surface area (Å²) in [6.45, 7) is 0.295. The summed E-state index contributed by atoms with van der Waals surface area (Å²) in [5.41, 5.74) is 28.9. The number of carbonyl (C=O) groups excluding carboxylic acids is 3. The van der Waals surface area contributed by atoms with Crippen LogP contribution in [0.4, 0.5) is 36.4 Å². The van der Waals surface area contributed by atoms with Crippen LogP contribution in [0.3, 0.4) is 0 Å². The van der Waals surface area contributed by atoms with Crippen LogP contribution in [-0.2, 0) is 9.63 Å². The van der Waals surface area contributed by atoms with Crippen molar-refractivity contribution in [2.45, 2.75) is 37.9 Å². The van der Waals surface area contributed by atoms with Crippen LogP contribution in [0.5, 0.6) is 0 Å². The van der Waals surface area contributed by atoms with Crippen LogP contribution in [0.15, 0.2) is 9.98 Å². The first-order valence-electron chi connectivity index (χ1n) is 12.3. The second-order valence-electron chi connectivity index (χ2n) is 9.05. The van der Waals surface area contributed by atoms with Crippen molar-refractivity contribution in [2.24, 2.45) is 21.6 Å². The molecule has 238 valence electrons. The van der Waals surface area contributed by atoms with Gasteiger partial charge in [0.1, 0.15) is 0 Å². The number of nitrogens with zero attached hydrogens (tertiary/aromatic N) is 6. The molecule has 0 spiro atoms. The number of halogens is 5. The largest absolute Gasteiger partial charge is 0.493 e. The van der Waals surface area contributed by atoms with Crippen molar-refractivity contribution in [3.63, 3.8) is 0 Å². The van der Waals surface area contributed by atoms with Gasteiger partial charge in [0.25, 0.3) is 5.91 Å². The molecule has 1 aliphatic carbocycles. The first kappa shape index (κ1) is 33.6. The van der Waals surface area contributed by atoms with E-state index in [4.69, 9.17) is 51.9 Å². The van der Waals surface area contributed by atoms with Gasteiger partial charge >= 0.3 is 18.1 Å².